The normalized spacial score (nSPS) is 11.6. The molecule has 5 nitrogen and oxygen atoms in total. The fraction of sp³-hybridized carbons (Fsp3) is 0.688. The predicted octanol–water partition coefficient (Wildman–Crippen LogP) is 2.58. The molecule has 21 heavy (non-hydrogen) atoms. The first-order valence-corrected chi connectivity index (χ1v) is 7.90. The Labute approximate surface area is 128 Å². The molecule has 0 aliphatic carbocycles. The number of rotatable bonds is 11. The standard InChI is InChI=1S/C16H29N3O2/c1-3-4-5-6-10-17-16(19-12-14-20-2)18-11-9-15-8-7-13-21-15/h7-8,13H,3-6,9-12,14H2,1-2H3,(H2,17,18,19). The lowest BCUT2D eigenvalue weighted by Gasteiger charge is -2.12. The molecule has 0 amide bonds. The van der Waals surface area contributed by atoms with Crippen molar-refractivity contribution in [1.29, 1.82) is 0 Å². The van der Waals surface area contributed by atoms with E-state index in [2.05, 4.69) is 22.5 Å². The molecule has 0 unspecified atom stereocenters. The van der Waals surface area contributed by atoms with E-state index in [4.69, 9.17) is 9.15 Å². The molecule has 120 valence electrons. The average Bonchev–Trinajstić information content (AvgIpc) is 3.00. The molecule has 0 saturated carbocycles. The van der Waals surface area contributed by atoms with Gasteiger partial charge in [0.05, 0.1) is 12.9 Å². The third-order valence-corrected chi connectivity index (χ3v) is 3.12. The predicted molar refractivity (Wildman–Crippen MR) is 86.7 cm³/mol. The summed E-state index contributed by atoms with van der Waals surface area (Å²) in [5, 5.41) is 6.61. The maximum atomic E-state index is 5.32. The van der Waals surface area contributed by atoms with Crippen molar-refractivity contribution in [1.82, 2.24) is 10.6 Å². The van der Waals surface area contributed by atoms with E-state index in [-0.39, 0.29) is 0 Å². The number of hydrogen-bond acceptors (Lipinski definition) is 3. The van der Waals surface area contributed by atoms with E-state index in [1.54, 1.807) is 13.4 Å². The number of guanidine groups is 1. The Kier molecular flexibility index (Phi) is 10.3. The quantitative estimate of drug-likeness (QED) is 0.374. The highest BCUT2D eigenvalue weighted by Crippen LogP contribution is 2.00. The Morgan fingerprint density at radius 1 is 1.24 bits per heavy atom. The van der Waals surface area contributed by atoms with Crippen LogP contribution in [0.25, 0.3) is 0 Å². The first kappa shape index (κ1) is 17.6. The molecule has 0 spiro atoms. The van der Waals surface area contributed by atoms with E-state index in [9.17, 15) is 0 Å². The SMILES string of the molecule is CCCCCCN=C(NCCOC)NCCc1ccco1. The Morgan fingerprint density at radius 2 is 2.10 bits per heavy atom. The highest BCUT2D eigenvalue weighted by atomic mass is 16.5. The van der Waals surface area contributed by atoms with Crippen molar-refractivity contribution in [2.45, 2.75) is 39.0 Å². The summed E-state index contributed by atoms with van der Waals surface area (Å²) in [6.45, 7) is 5.33. The van der Waals surface area contributed by atoms with Gasteiger partial charge in [-0.15, -0.1) is 0 Å². The molecule has 1 heterocycles. The molecule has 0 saturated heterocycles. The summed E-state index contributed by atoms with van der Waals surface area (Å²) in [5.74, 6) is 1.84. The van der Waals surface area contributed by atoms with Gasteiger partial charge in [0, 0.05) is 33.2 Å². The molecule has 2 N–H and O–H groups in total. The topological polar surface area (TPSA) is 58.8 Å². The number of nitrogens with zero attached hydrogens (tertiary/aromatic N) is 1. The summed E-state index contributed by atoms with van der Waals surface area (Å²) in [6.07, 6.45) is 7.49. The Balaban J connectivity index is 2.26. The van der Waals surface area contributed by atoms with E-state index >= 15 is 0 Å². The Hall–Kier alpha value is -1.49. The molecule has 0 fully saturated rings. The molecule has 0 aromatic carbocycles. The largest absolute Gasteiger partial charge is 0.469 e. The van der Waals surface area contributed by atoms with E-state index in [0.717, 1.165) is 44.2 Å². The lowest BCUT2D eigenvalue weighted by Crippen LogP contribution is -2.40. The maximum absolute atomic E-state index is 5.32. The maximum Gasteiger partial charge on any atom is 0.191 e. The van der Waals surface area contributed by atoms with Gasteiger partial charge in [0.2, 0.25) is 0 Å². The van der Waals surface area contributed by atoms with E-state index in [1.165, 1.54) is 19.3 Å². The van der Waals surface area contributed by atoms with Crippen LogP contribution in [0.4, 0.5) is 0 Å². The molecule has 0 aliphatic rings. The minimum absolute atomic E-state index is 0.675. The molecule has 0 atom stereocenters. The second-order valence-corrected chi connectivity index (χ2v) is 4.97. The van der Waals surface area contributed by atoms with Gasteiger partial charge in [-0.25, -0.2) is 0 Å². The number of nitrogens with one attached hydrogen (secondary N) is 2. The van der Waals surface area contributed by atoms with Crippen LogP contribution in [0.2, 0.25) is 0 Å². The fourth-order valence-electron chi connectivity index (χ4n) is 1.93. The van der Waals surface area contributed by atoms with Gasteiger partial charge in [-0.3, -0.25) is 4.99 Å². The van der Waals surface area contributed by atoms with Crippen LogP contribution < -0.4 is 10.6 Å². The van der Waals surface area contributed by atoms with Crippen molar-refractivity contribution < 1.29 is 9.15 Å². The van der Waals surface area contributed by atoms with Gasteiger partial charge < -0.3 is 19.8 Å². The van der Waals surface area contributed by atoms with Crippen LogP contribution in [0.1, 0.15) is 38.4 Å². The van der Waals surface area contributed by atoms with Gasteiger partial charge in [0.1, 0.15) is 5.76 Å². The van der Waals surface area contributed by atoms with Gasteiger partial charge in [-0.2, -0.15) is 0 Å². The number of hydrogen-bond donors (Lipinski definition) is 2. The fourth-order valence-corrected chi connectivity index (χ4v) is 1.93. The third kappa shape index (κ3) is 9.13. The average molecular weight is 295 g/mol. The first-order valence-electron chi connectivity index (χ1n) is 7.90. The highest BCUT2D eigenvalue weighted by molar-refractivity contribution is 5.79. The van der Waals surface area contributed by atoms with Crippen LogP contribution >= 0.6 is 0 Å². The van der Waals surface area contributed by atoms with Gasteiger partial charge in [-0.1, -0.05) is 26.2 Å². The van der Waals surface area contributed by atoms with Crippen LogP contribution in [-0.4, -0.2) is 39.3 Å². The minimum atomic E-state index is 0.675. The number of ether oxygens (including phenoxy) is 1. The minimum Gasteiger partial charge on any atom is -0.469 e. The van der Waals surface area contributed by atoms with Crippen molar-refractivity contribution in [3.63, 3.8) is 0 Å². The molecule has 0 aliphatic heterocycles. The Morgan fingerprint density at radius 3 is 2.81 bits per heavy atom. The zero-order chi connectivity index (χ0) is 15.2. The van der Waals surface area contributed by atoms with Crippen molar-refractivity contribution in [2.24, 2.45) is 4.99 Å². The van der Waals surface area contributed by atoms with E-state index in [0.29, 0.717) is 6.61 Å². The highest BCUT2D eigenvalue weighted by Gasteiger charge is 2.00. The van der Waals surface area contributed by atoms with Crippen LogP contribution in [0, 0.1) is 0 Å². The lowest BCUT2D eigenvalue weighted by molar-refractivity contribution is 0.203. The van der Waals surface area contributed by atoms with E-state index in [1.807, 2.05) is 12.1 Å². The van der Waals surface area contributed by atoms with Gasteiger partial charge in [0.25, 0.3) is 0 Å². The molecular formula is C16H29N3O2. The number of methoxy groups -OCH3 is 1. The summed E-state index contributed by atoms with van der Waals surface area (Å²) in [4.78, 5) is 4.59. The molecule has 5 heteroatoms. The zero-order valence-electron chi connectivity index (χ0n) is 13.4. The van der Waals surface area contributed by atoms with Gasteiger partial charge >= 0.3 is 0 Å². The smallest absolute Gasteiger partial charge is 0.191 e. The molecule has 1 aromatic rings. The molecule has 1 rings (SSSR count). The second-order valence-electron chi connectivity index (χ2n) is 4.97. The first-order chi connectivity index (χ1) is 10.4. The van der Waals surface area contributed by atoms with Gasteiger partial charge in [0.15, 0.2) is 5.96 Å². The van der Waals surface area contributed by atoms with Crippen LogP contribution in [0.5, 0.6) is 0 Å². The summed E-state index contributed by atoms with van der Waals surface area (Å²) < 4.78 is 10.4. The summed E-state index contributed by atoms with van der Waals surface area (Å²) in [6, 6.07) is 3.90. The number of unbranched alkanes of at least 4 members (excludes halogenated alkanes) is 3. The summed E-state index contributed by atoms with van der Waals surface area (Å²) >= 11 is 0. The second kappa shape index (κ2) is 12.3. The summed E-state index contributed by atoms with van der Waals surface area (Å²) in [5.41, 5.74) is 0. The molecule has 1 aromatic heterocycles. The van der Waals surface area contributed by atoms with Crippen molar-refractivity contribution >= 4 is 5.96 Å². The van der Waals surface area contributed by atoms with Crippen molar-refractivity contribution in [3.8, 4) is 0 Å². The monoisotopic (exact) mass is 295 g/mol. The third-order valence-electron chi connectivity index (χ3n) is 3.12. The van der Waals surface area contributed by atoms with Crippen molar-refractivity contribution in [3.05, 3.63) is 24.2 Å². The van der Waals surface area contributed by atoms with Crippen LogP contribution in [0.15, 0.2) is 27.8 Å². The Bertz CT molecular complexity index is 364. The van der Waals surface area contributed by atoms with E-state index < -0.39 is 0 Å². The zero-order valence-corrected chi connectivity index (χ0v) is 13.4. The van der Waals surface area contributed by atoms with Gasteiger partial charge in [-0.05, 0) is 18.6 Å². The lowest BCUT2D eigenvalue weighted by atomic mass is 10.2. The summed E-state index contributed by atoms with van der Waals surface area (Å²) in [7, 11) is 1.70. The number of furan rings is 1. The van der Waals surface area contributed by atoms with Crippen LogP contribution in [-0.2, 0) is 11.2 Å². The van der Waals surface area contributed by atoms with Crippen LogP contribution in [0.3, 0.4) is 0 Å². The van der Waals surface area contributed by atoms with Crippen molar-refractivity contribution in [2.75, 3.05) is 33.4 Å². The molecular weight excluding hydrogens is 266 g/mol. The number of aliphatic imine (C=N–C) groups is 1. The molecule has 0 bridgehead atoms. The molecule has 0 radical (unpaired) electrons.